The molecule has 3 aromatic rings. The van der Waals surface area contributed by atoms with Crippen molar-refractivity contribution in [1.29, 1.82) is 0 Å². The van der Waals surface area contributed by atoms with E-state index in [9.17, 15) is 14.0 Å². The number of carbonyl (C=O) groups is 1. The van der Waals surface area contributed by atoms with Gasteiger partial charge in [0.15, 0.2) is 0 Å². The van der Waals surface area contributed by atoms with E-state index in [0.29, 0.717) is 5.69 Å². The number of hydrogen-bond acceptors (Lipinski definition) is 3. The van der Waals surface area contributed by atoms with Gasteiger partial charge in [-0.25, -0.2) is 9.07 Å². The SMILES string of the molecule is Cc1cc(C)c(-c2ccc(=O)n(CC(=O)Nc3ccccc3F)n2)cc1C. The number of anilines is 1. The largest absolute Gasteiger partial charge is 0.322 e. The summed E-state index contributed by atoms with van der Waals surface area (Å²) >= 11 is 0. The molecule has 0 bridgehead atoms. The summed E-state index contributed by atoms with van der Waals surface area (Å²) in [6, 6.07) is 13.0. The second kappa shape index (κ2) is 7.53. The number of aromatic nitrogens is 2. The summed E-state index contributed by atoms with van der Waals surface area (Å²) in [6.45, 7) is 5.72. The number of nitrogens with one attached hydrogen (secondary N) is 1. The van der Waals surface area contributed by atoms with Crippen LogP contribution in [0, 0.1) is 26.6 Å². The van der Waals surface area contributed by atoms with E-state index in [2.05, 4.69) is 16.5 Å². The zero-order valence-electron chi connectivity index (χ0n) is 15.4. The normalized spacial score (nSPS) is 10.7. The third-order valence-electron chi connectivity index (χ3n) is 4.42. The zero-order chi connectivity index (χ0) is 19.6. The molecule has 0 aliphatic rings. The van der Waals surface area contributed by atoms with Crippen LogP contribution in [-0.4, -0.2) is 15.7 Å². The maximum absolute atomic E-state index is 13.7. The topological polar surface area (TPSA) is 64.0 Å². The lowest BCUT2D eigenvalue weighted by atomic mass is 9.99. The van der Waals surface area contributed by atoms with Gasteiger partial charge in [0.2, 0.25) is 5.91 Å². The van der Waals surface area contributed by atoms with Gasteiger partial charge < -0.3 is 5.32 Å². The molecular weight excluding hydrogens is 345 g/mol. The molecular formula is C21H20FN3O2. The van der Waals surface area contributed by atoms with Crippen molar-refractivity contribution in [2.75, 3.05) is 5.32 Å². The lowest BCUT2D eigenvalue weighted by molar-refractivity contribution is -0.117. The van der Waals surface area contributed by atoms with Gasteiger partial charge in [0.1, 0.15) is 12.4 Å². The number of nitrogens with zero attached hydrogens (tertiary/aromatic N) is 2. The molecule has 6 heteroatoms. The molecule has 0 aliphatic carbocycles. The van der Waals surface area contributed by atoms with Gasteiger partial charge in [0.25, 0.3) is 5.56 Å². The summed E-state index contributed by atoms with van der Waals surface area (Å²) in [7, 11) is 0. The van der Waals surface area contributed by atoms with E-state index in [-0.39, 0.29) is 12.2 Å². The average molecular weight is 365 g/mol. The smallest absolute Gasteiger partial charge is 0.267 e. The first kappa shape index (κ1) is 18.5. The summed E-state index contributed by atoms with van der Waals surface area (Å²) in [5, 5.41) is 6.79. The Kier molecular flexibility index (Phi) is 5.16. The third kappa shape index (κ3) is 4.11. The van der Waals surface area contributed by atoms with Crippen LogP contribution in [0.15, 0.2) is 53.3 Å². The first-order valence-corrected chi connectivity index (χ1v) is 8.56. The van der Waals surface area contributed by atoms with Crippen molar-refractivity contribution >= 4 is 11.6 Å². The van der Waals surface area contributed by atoms with E-state index >= 15 is 0 Å². The maximum Gasteiger partial charge on any atom is 0.267 e. The van der Waals surface area contributed by atoms with E-state index in [0.717, 1.165) is 21.4 Å². The number of hydrogen-bond donors (Lipinski definition) is 1. The van der Waals surface area contributed by atoms with Crippen LogP contribution in [-0.2, 0) is 11.3 Å². The monoisotopic (exact) mass is 365 g/mol. The molecule has 2 aromatic carbocycles. The maximum atomic E-state index is 13.7. The van der Waals surface area contributed by atoms with Crippen molar-refractivity contribution < 1.29 is 9.18 Å². The molecule has 0 aliphatic heterocycles. The van der Waals surface area contributed by atoms with Crippen molar-refractivity contribution in [3.63, 3.8) is 0 Å². The number of halogens is 1. The summed E-state index contributed by atoms with van der Waals surface area (Å²) in [6.07, 6.45) is 0. The number of rotatable bonds is 4. The van der Waals surface area contributed by atoms with Crippen LogP contribution < -0.4 is 10.9 Å². The van der Waals surface area contributed by atoms with Crippen molar-refractivity contribution in [3.8, 4) is 11.3 Å². The minimum absolute atomic E-state index is 0.0664. The summed E-state index contributed by atoms with van der Waals surface area (Å²) in [5.74, 6) is -1.06. The van der Waals surface area contributed by atoms with Crippen molar-refractivity contribution in [1.82, 2.24) is 9.78 Å². The highest BCUT2D eigenvalue weighted by Crippen LogP contribution is 2.24. The van der Waals surface area contributed by atoms with Crippen LogP contribution in [0.5, 0.6) is 0 Å². The molecule has 0 saturated heterocycles. The molecule has 1 aromatic heterocycles. The van der Waals surface area contributed by atoms with Gasteiger partial charge in [0, 0.05) is 11.6 Å². The molecule has 0 unspecified atom stereocenters. The highest BCUT2D eigenvalue weighted by Gasteiger charge is 2.12. The van der Waals surface area contributed by atoms with E-state index in [1.807, 2.05) is 26.8 Å². The molecule has 5 nitrogen and oxygen atoms in total. The molecule has 1 heterocycles. The van der Waals surface area contributed by atoms with Crippen LogP contribution in [0.3, 0.4) is 0 Å². The fourth-order valence-electron chi connectivity index (χ4n) is 2.83. The number of carbonyl (C=O) groups excluding carboxylic acids is 1. The van der Waals surface area contributed by atoms with Crippen LogP contribution in [0.1, 0.15) is 16.7 Å². The second-order valence-corrected chi connectivity index (χ2v) is 6.49. The quantitative estimate of drug-likeness (QED) is 0.768. The standard InChI is InChI=1S/C21H20FN3O2/c1-13-10-15(3)16(11-14(13)2)18-8-9-21(27)25(24-18)12-20(26)23-19-7-5-4-6-17(19)22/h4-11H,12H2,1-3H3,(H,23,26). The van der Waals surface area contributed by atoms with Crippen molar-refractivity contribution in [2.45, 2.75) is 27.3 Å². The Morgan fingerprint density at radius 1 is 1.04 bits per heavy atom. The fraction of sp³-hybridized carbons (Fsp3) is 0.190. The zero-order valence-corrected chi connectivity index (χ0v) is 15.4. The Morgan fingerprint density at radius 2 is 1.74 bits per heavy atom. The lowest BCUT2D eigenvalue weighted by Gasteiger charge is -2.12. The van der Waals surface area contributed by atoms with Gasteiger partial charge in [-0.2, -0.15) is 5.10 Å². The molecule has 3 rings (SSSR count). The predicted octanol–water partition coefficient (Wildman–Crippen LogP) is 3.61. The second-order valence-electron chi connectivity index (χ2n) is 6.49. The molecule has 0 atom stereocenters. The van der Waals surface area contributed by atoms with Gasteiger partial charge in [-0.05, 0) is 61.7 Å². The summed E-state index contributed by atoms with van der Waals surface area (Å²) in [4.78, 5) is 24.3. The number of aryl methyl sites for hydroxylation is 3. The van der Waals surface area contributed by atoms with Gasteiger partial charge in [0.05, 0.1) is 11.4 Å². The van der Waals surface area contributed by atoms with E-state index in [1.165, 1.54) is 29.8 Å². The Bertz CT molecular complexity index is 1070. The Labute approximate surface area is 156 Å². The molecule has 27 heavy (non-hydrogen) atoms. The Balaban J connectivity index is 1.88. The van der Waals surface area contributed by atoms with Crippen molar-refractivity contribution in [2.24, 2.45) is 0 Å². The molecule has 0 saturated carbocycles. The van der Waals surface area contributed by atoms with Crippen LogP contribution >= 0.6 is 0 Å². The van der Waals surface area contributed by atoms with E-state index in [4.69, 9.17) is 0 Å². The molecule has 0 radical (unpaired) electrons. The molecule has 1 N–H and O–H groups in total. The summed E-state index contributed by atoms with van der Waals surface area (Å²) < 4.78 is 14.8. The fourth-order valence-corrected chi connectivity index (χ4v) is 2.83. The third-order valence-corrected chi connectivity index (χ3v) is 4.42. The molecule has 138 valence electrons. The number of para-hydroxylation sites is 1. The Morgan fingerprint density at radius 3 is 2.48 bits per heavy atom. The summed E-state index contributed by atoms with van der Waals surface area (Å²) in [5.41, 5.74) is 4.50. The van der Waals surface area contributed by atoms with Gasteiger partial charge in [-0.3, -0.25) is 9.59 Å². The minimum atomic E-state index is -0.536. The number of benzene rings is 2. The Hall–Kier alpha value is -3.28. The predicted molar refractivity (Wildman–Crippen MR) is 103 cm³/mol. The van der Waals surface area contributed by atoms with E-state index in [1.54, 1.807) is 12.1 Å². The van der Waals surface area contributed by atoms with Gasteiger partial charge >= 0.3 is 0 Å². The highest BCUT2D eigenvalue weighted by molar-refractivity contribution is 5.90. The van der Waals surface area contributed by atoms with Crippen LogP contribution in [0.25, 0.3) is 11.3 Å². The van der Waals surface area contributed by atoms with E-state index < -0.39 is 17.3 Å². The molecule has 1 amide bonds. The molecule has 0 fully saturated rings. The van der Waals surface area contributed by atoms with Crippen molar-refractivity contribution in [3.05, 3.63) is 81.4 Å². The lowest BCUT2D eigenvalue weighted by Crippen LogP contribution is -2.29. The van der Waals surface area contributed by atoms with Gasteiger partial charge in [-0.1, -0.05) is 18.2 Å². The first-order valence-electron chi connectivity index (χ1n) is 8.56. The first-order chi connectivity index (χ1) is 12.8. The van der Waals surface area contributed by atoms with Crippen LogP contribution in [0.4, 0.5) is 10.1 Å². The van der Waals surface area contributed by atoms with Crippen LogP contribution in [0.2, 0.25) is 0 Å². The average Bonchev–Trinajstić information content (AvgIpc) is 2.62. The minimum Gasteiger partial charge on any atom is -0.322 e. The molecule has 0 spiro atoms. The highest BCUT2D eigenvalue weighted by atomic mass is 19.1. The number of amides is 1. The van der Waals surface area contributed by atoms with Gasteiger partial charge in [-0.15, -0.1) is 0 Å².